The summed E-state index contributed by atoms with van der Waals surface area (Å²) in [6.07, 6.45) is 0. The zero-order valence-corrected chi connectivity index (χ0v) is 17.8. The molecule has 1 aliphatic heterocycles. The fourth-order valence-corrected chi connectivity index (χ4v) is 4.52. The van der Waals surface area contributed by atoms with E-state index in [0.29, 0.717) is 17.1 Å². The molecule has 4 rings (SSSR count). The molecule has 1 amide bonds. The summed E-state index contributed by atoms with van der Waals surface area (Å²) in [5.41, 5.74) is 1.64. The Balaban J connectivity index is 1.25. The van der Waals surface area contributed by atoms with Crippen molar-refractivity contribution >= 4 is 44.2 Å². The summed E-state index contributed by atoms with van der Waals surface area (Å²) in [7, 11) is 1.68. The molecule has 2 heterocycles. The fourth-order valence-electron chi connectivity index (χ4n) is 3.35. The molecular weight excluding hydrogens is 408 g/mol. The first kappa shape index (κ1) is 19.9. The van der Waals surface area contributed by atoms with Crippen LogP contribution in [0, 0.1) is 0 Å². The number of anilines is 1. The number of amides is 1. The number of rotatable bonds is 6. The molecule has 0 saturated carbocycles. The number of ether oxygens (including phenoxy) is 1. The number of carbonyl (C=O) groups is 1. The molecule has 6 nitrogen and oxygen atoms in total. The molecular formula is C21H23ClN4O2S. The maximum absolute atomic E-state index is 12.2. The third kappa shape index (κ3) is 4.80. The summed E-state index contributed by atoms with van der Waals surface area (Å²) in [5, 5.41) is 4.67. The number of benzene rings is 2. The van der Waals surface area contributed by atoms with Crippen LogP contribution in [0.15, 0.2) is 42.5 Å². The van der Waals surface area contributed by atoms with E-state index in [9.17, 15) is 4.79 Å². The van der Waals surface area contributed by atoms with E-state index >= 15 is 0 Å². The van der Waals surface area contributed by atoms with E-state index in [4.69, 9.17) is 21.3 Å². The molecule has 1 aliphatic rings. The molecule has 3 aromatic rings. The summed E-state index contributed by atoms with van der Waals surface area (Å²) < 4.78 is 6.45. The molecule has 0 unspecified atom stereocenters. The molecule has 152 valence electrons. The zero-order chi connectivity index (χ0) is 20.2. The molecule has 1 saturated heterocycles. The molecule has 0 aliphatic carbocycles. The van der Waals surface area contributed by atoms with Gasteiger partial charge in [-0.2, -0.15) is 0 Å². The second-order valence-corrected chi connectivity index (χ2v) is 8.37. The van der Waals surface area contributed by atoms with E-state index in [-0.39, 0.29) is 5.91 Å². The van der Waals surface area contributed by atoms with Gasteiger partial charge in [-0.1, -0.05) is 22.9 Å². The first-order valence-electron chi connectivity index (χ1n) is 9.58. The molecule has 8 heteroatoms. The van der Waals surface area contributed by atoms with Crippen LogP contribution in [0.2, 0.25) is 5.02 Å². The maximum atomic E-state index is 12.2. The molecule has 29 heavy (non-hydrogen) atoms. The highest BCUT2D eigenvalue weighted by Gasteiger charge is 2.20. The number of piperazine rings is 1. The van der Waals surface area contributed by atoms with Crippen LogP contribution in [-0.2, 0) is 0 Å². The van der Waals surface area contributed by atoms with Crippen molar-refractivity contribution in [3.63, 3.8) is 0 Å². The van der Waals surface area contributed by atoms with Crippen molar-refractivity contribution in [1.82, 2.24) is 15.2 Å². The Bertz CT molecular complexity index is 984. The normalized spacial score (nSPS) is 14.9. The number of fused-ring (bicyclic) bond motifs is 1. The van der Waals surface area contributed by atoms with Crippen LogP contribution in [0.5, 0.6) is 5.75 Å². The third-order valence-corrected chi connectivity index (χ3v) is 6.38. The number of thiazole rings is 1. The highest BCUT2D eigenvalue weighted by atomic mass is 35.5. The van der Waals surface area contributed by atoms with Gasteiger partial charge in [0.2, 0.25) is 0 Å². The Labute approximate surface area is 179 Å². The molecule has 0 atom stereocenters. The van der Waals surface area contributed by atoms with Crippen molar-refractivity contribution in [2.24, 2.45) is 0 Å². The third-order valence-electron chi connectivity index (χ3n) is 5.05. The first-order valence-corrected chi connectivity index (χ1v) is 10.8. The topological polar surface area (TPSA) is 57.7 Å². The Morgan fingerprint density at radius 2 is 1.93 bits per heavy atom. The standard InChI is InChI=1S/C21H23ClN4O2S/c1-28-17-6-7-18-19(14-17)29-21(24-18)26-12-10-25(11-13-26)9-8-23-20(27)15-2-4-16(22)5-3-15/h2-7,14H,8-13H2,1H3,(H,23,27). The Kier molecular flexibility index (Phi) is 6.18. The Morgan fingerprint density at radius 1 is 1.17 bits per heavy atom. The lowest BCUT2D eigenvalue weighted by molar-refractivity contribution is 0.0948. The number of nitrogens with zero attached hydrogens (tertiary/aromatic N) is 3. The summed E-state index contributed by atoms with van der Waals surface area (Å²) in [4.78, 5) is 21.6. The highest BCUT2D eigenvalue weighted by molar-refractivity contribution is 7.22. The molecule has 0 spiro atoms. The number of methoxy groups -OCH3 is 1. The number of hydrogen-bond acceptors (Lipinski definition) is 6. The van der Waals surface area contributed by atoms with Crippen molar-refractivity contribution in [3.8, 4) is 5.75 Å². The quantitative estimate of drug-likeness (QED) is 0.648. The number of halogens is 1. The molecule has 1 fully saturated rings. The predicted octanol–water partition coefficient (Wildman–Crippen LogP) is 3.51. The van der Waals surface area contributed by atoms with E-state index in [2.05, 4.69) is 15.1 Å². The van der Waals surface area contributed by atoms with Crippen LogP contribution < -0.4 is 15.0 Å². The number of hydrogen-bond donors (Lipinski definition) is 1. The van der Waals surface area contributed by atoms with Crippen molar-refractivity contribution in [2.45, 2.75) is 0 Å². The maximum Gasteiger partial charge on any atom is 0.251 e. The molecule has 1 aromatic heterocycles. The van der Waals surface area contributed by atoms with Crippen LogP contribution in [0.1, 0.15) is 10.4 Å². The van der Waals surface area contributed by atoms with Gasteiger partial charge in [0.25, 0.3) is 5.91 Å². The highest BCUT2D eigenvalue weighted by Crippen LogP contribution is 2.31. The number of nitrogens with one attached hydrogen (secondary N) is 1. The second kappa shape index (κ2) is 8.98. The van der Waals surface area contributed by atoms with Gasteiger partial charge in [-0.3, -0.25) is 9.69 Å². The van der Waals surface area contributed by atoms with E-state index in [1.165, 1.54) is 0 Å². The number of aromatic nitrogens is 1. The van der Waals surface area contributed by atoms with E-state index in [1.54, 1.807) is 42.7 Å². The minimum absolute atomic E-state index is 0.0646. The Hall–Kier alpha value is -2.35. The van der Waals surface area contributed by atoms with Crippen molar-refractivity contribution in [3.05, 3.63) is 53.1 Å². The van der Waals surface area contributed by atoms with Gasteiger partial charge < -0.3 is 15.0 Å². The summed E-state index contributed by atoms with van der Waals surface area (Å²) in [6, 6.07) is 12.9. The largest absolute Gasteiger partial charge is 0.497 e. The van der Waals surface area contributed by atoms with Crippen LogP contribution in [0.4, 0.5) is 5.13 Å². The average Bonchev–Trinajstić information content (AvgIpc) is 3.18. The lowest BCUT2D eigenvalue weighted by Crippen LogP contribution is -2.48. The molecule has 0 radical (unpaired) electrons. The lowest BCUT2D eigenvalue weighted by atomic mass is 10.2. The average molecular weight is 431 g/mol. The molecule has 2 aromatic carbocycles. The summed E-state index contributed by atoms with van der Waals surface area (Å²) in [6.45, 7) is 5.24. The lowest BCUT2D eigenvalue weighted by Gasteiger charge is -2.34. The smallest absolute Gasteiger partial charge is 0.251 e. The van der Waals surface area contributed by atoms with Gasteiger partial charge in [0.15, 0.2) is 5.13 Å². The van der Waals surface area contributed by atoms with Crippen LogP contribution in [0.25, 0.3) is 10.2 Å². The first-order chi connectivity index (χ1) is 14.1. The van der Waals surface area contributed by atoms with Gasteiger partial charge in [-0.25, -0.2) is 4.98 Å². The minimum Gasteiger partial charge on any atom is -0.497 e. The van der Waals surface area contributed by atoms with E-state index < -0.39 is 0 Å². The van der Waals surface area contributed by atoms with Crippen LogP contribution in [-0.4, -0.2) is 62.2 Å². The van der Waals surface area contributed by atoms with Crippen LogP contribution in [0.3, 0.4) is 0 Å². The zero-order valence-electron chi connectivity index (χ0n) is 16.2. The van der Waals surface area contributed by atoms with Crippen molar-refractivity contribution in [2.75, 3.05) is 51.3 Å². The number of carbonyl (C=O) groups excluding carboxylic acids is 1. The molecule has 0 bridgehead atoms. The van der Waals surface area contributed by atoms with Gasteiger partial charge in [0.1, 0.15) is 5.75 Å². The SMILES string of the molecule is COc1ccc2nc(N3CCN(CCNC(=O)c4ccc(Cl)cc4)CC3)sc2c1. The van der Waals surface area contributed by atoms with Gasteiger partial charge in [0.05, 0.1) is 17.3 Å². The van der Waals surface area contributed by atoms with Crippen molar-refractivity contribution < 1.29 is 9.53 Å². The van der Waals surface area contributed by atoms with Gasteiger partial charge in [-0.15, -0.1) is 0 Å². The summed E-state index contributed by atoms with van der Waals surface area (Å²) >= 11 is 7.57. The summed E-state index contributed by atoms with van der Waals surface area (Å²) in [5.74, 6) is 0.795. The van der Waals surface area contributed by atoms with Gasteiger partial charge in [-0.05, 0) is 42.5 Å². The van der Waals surface area contributed by atoms with Crippen LogP contribution >= 0.6 is 22.9 Å². The van der Waals surface area contributed by atoms with E-state index in [1.807, 2.05) is 18.2 Å². The monoisotopic (exact) mass is 430 g/mol. The molecule has 1 N–H and O–H groups in total. The predicted molar refractivity (Wildman–Crippen MR) is 119 cm³/mol. The van der Waals surface area contributed by atoms with Crippen molar-refractivity contribution in [1.29, 1.82) is 0 Å². The van der Waals surface area contributed by atoms with E-state index in [0.717, 1.165) is 53.8 Å². The fraction of sp³-hybridized carbons (Fsp3) is 0.333. The Morgan fingerprint density at radius 3 is 2.66 bits per heavy atom. The second-order valence-electron chi connectivity index (χ2n) is 6.92. The van der Waals surface area contributed by atoms with Gasteiger partial charge >= 0.3 is 0 Å². The minimum atomic E-state index is -0.0646. The van der Waals surface area contributed by atoms with Gasteiger partial charge in [0, 0.05) is 49.9 Å².